The van der Waals surface area contributed by atoms with Crippen LogP contribution in [0.5, 0.6) is 0 Å². The molecule has 1 amide bonds. The summed E-state index contributed by atoms with van der Waals surface area (Å²) in [6.07, 6.45) is -0.603. The minimum Gasteiger partial charge on any atom is -0.447 e. The van der Waals surface area contributed by atoms with Crippen LogP contribution in [0.2, 0.25) is 0 Å². The molecule has 3 N–H and O–H groups in total. The minimum absolute atomic E-state index is 0.0646. The van der Waals surface area contributed by atoms with E-state index in [1.165, 1.54) is 12.1 Å². The molecule has 1 aromatic rings. The number of carbonyl (C=O) groups is 1. The van der Waals surface area contributed by atoms with E-state index < -0.39 is 16.2 Å². The van der Waals surface area contributed by atoms with E-state index in [1.807, 2.05) is 20.8 Å². The maximum atomic E-state index is 11.1. The summed E-state index contributed by atoms with van der Waals surface area (Å²) in [5, 5.41) is 11.5. The Balaban J connectivity index is 0.000000446. The van der Waals surface area contributed by atoms with E-state index in [1.54, 1.807) is 26.0 Å². The van der Waals surface area contributed by atoms with Gasteiger partial charge in [0.25, 0.3) is 10.1 Å². The second-order valence-electron chi connectivity index (χ2n) is 5.92. The Hall–Kier alpha value is -1.64. The normalized spacial score (nSPS) is 12.4. The van der Waals surface area contributed by atoms with Crippen molar-refractivity contribution in [1.29, 1.82) is 0 Å². The van der Waals surface area contributed by atoms with Crippen LogP contribution in [0.3, 0.4) is 0 Å². The van der Waals surface area contributed by atoms with Gasteiger partial charge in [0.15, 0.2) is 0 Å². The topological polar surface area (TPSA) is 113 Å². The van der Waals surface area contributed by atoms with Gasteiger partial charge in [-0.1, -0.05) is 31.5 Å². The van der Waals surface area contributed by atoms with Crippen molar-refractivity contribution in [2.45, 2.75) is 51.7 Å². The molecule has 8 heteroatoms. The van der Waals surface area contributed by atoms with Crippen LogP contribution >= 0.6 is 0 Å². The summed E-state index contributed by atoms with van der Waals surface area (Å²) in [6.45, 7) is 9.19. The van der Waals surface area contributed by atoms with E-state index in [0.29, 0.717) is 0 Å². The van der Waals surface area contributed by atoms with Gasteiger partial charge < -0.3 is 15.2 Å². The van der Waals surface area contributed by atoms with E-state index in [2.05, 4.69) is 5.32 Å². The van der Waals surface area contributed by atoms with E-state index in [4.69, 9.17) is 14.4 Å². The summed E-state index contributed by atoms with van der Waals surface area (Å²) in [5.74, 6) is 0.199. The van der Waals surface area contributed by atoms with Crippen molar-refractivity contribution in [3.63, 3.8) is 0 Å². The Morgan fingerprint density at radius 1 is 1.17 bits per heavy atom. The quantitative estimate of drug-likeness (QED) is 0.694. The molecule has 0 radical (unpaired) electrons. The highest BCUT2D eigenvalue weighted by Gasteiger charge is 2.16. The zero-order chi connectivity index (χ0) is 18.9. The van der Waals surface area contributed by atoms with Crippen LogP contribution < -0.4 is 5.32 Å². The number of aliphatic hydroxyl groups is 1. The Morgan fingerprint density at radius 3 is 2.00 bits per heavy atom. The molecule has 24 heavy (non-hydrogen) atoms. The van der Waals surface area contributed by atoms with Crippen LogP contribution in [0.4, 0.5) is 4.79 Å². The van der Waals surface area contributed by atoms with E-state index in [9.17, 15) is 13.2 Å². The van der Waals surface area contributed by atoms with Gasteiger partial charge in [-0.3, -0.25) is 4.55 Å². The molecule has 0 fully saturated rings. The third-order valence-corrected chi connectivity index (χ3v) is 3.83. The fourth-order valence-electron chi connectivity index (χ4n) is 1.53. The second kappa shape index (κ2) is 10.3. The summed E-state index contributed by atoms with van der Waals surface area (Å²) in [7, 11) is -4.02. The van der Waals surface area contributed by atoms with Crippen molar-refractivity contribution >= 4 is 16.2 Å². The molecule has 0 bridgehead atoms. The van der Waals surface area contributed by atoms with Crippen molar-refractivity contribution in [1.82, 2.24) is 5.32 Å². The lowest BCUT2D eigenvalue weighted by molar-refractivity contribution is 0.103. The first-order valence-electron chi connectivity index (χ1n) is 7.59. The van der Waals surface area contributed by atoms with Crippen LogP contribution in [0.25, 0.3) is 0 Å². The molecule has 0 aliphatic rings. The highest BCUT2D eigenvalue weighted by Crippen LogP contribution is 2.08. The lowest BCUT2D eigenvalue weighted by Crippen LogP contribution is -2.42. The smallest absolute Gasteiger partial charge is 0.407 e. The zero-order valence-corrected chi connectivity index (χ0v) is 15.5. The lowest BCUT2D eigenvalue weighted by Gasteiger charge is -2.20. The number of amides is 1. The number of aryl methyl sites for hydroxylation is 1. The molecule has 0 heterocycles. The third kappa shape index (κ3) is 9.49. The fourth-order valence-corrected chi connectivity index (χ4v) is 2.01. The summed E-state index contributed by atoms with van der Waals surface area (Å²) < 4.78 is 34.4. The van der Waals surface area contributed by atoms with Crippen molar-refractivity contribution < 1.29 is 27.6 Å². The van der Waals surface area contributed by atoms with Crippen molar-refractivity contribution in [2.75, 3.05) is 6.61 Å². The molecule has 1 aromatic carbocycles. The molecule has 0 aromatic heterocycles. The Morgan fingerprint density at radius 2 is 1.67 bits per heavy atom. The van der Waals surface area contributed by atoms with Gasteiger partial charge in [0.1, 0.15) is 0 Å². The Bertz CT molecular complexity index is 595. The van der Waals surface area contributed by atoms with E-state index in [-0.39, 0.29) is 29.6 Å². The van der Waals surface area contributed by atoms with Gasteiger partial charge in [-0.25, -0.2) is 4.79 Å². The minimum atomic E-state index is -4.02. The molecule has 0 saturated carbocycles. The molecule has 7 nitrogen and oxygen atoms in total. The number of aliphatic hydroxyl groups excluding tert-OH is 1. The predicted molar refractivity (Wildman–Crippen MR) is 91.5 cm³/mol. The predicted octanol–water partition coefficient (Wildman–Crippen LogP) is 2.38. The first kappa shape index (κ1) is 22.4. The molecule has 1 rings (SSSR count). The van der Waals surface area contributed by atoms with Crippen LogP contribution in [0, 0.1) is 12.8 Å². The molecule has 0 spiro atoms. The molecule has 138 valence electrons. The summed E-state index contributed by atoms with van der Waals surface area (Å²) in [6, 6.07) is 5.76. The van der Waals surface area contributed by atoms with Crippen molar-refractivity contribution in [3.05, 3.63) is 29.8 Å². The van der Waals surface area contributed by atoms with Crippen LogP contribution in [0.1, 0.15) is 33.3 Å². The first-order chi connectivity index (χ1) is 11.0. The number of ether oxygens (including phenoxy) is 1. The maximum absolute atomic E-state index is 11.1. The lowest BCUT2D eigenvalue weighted by atomic mass is 10.1. The van der Waals surface area contributed by atoms with Gasteiger partial charge in [-0.15, -0.1) is 0 Å². The first-order valence-corrected chi connectivity index (χ1v) is 9.03. The van der Waals surface area contributed by atoms with Gasteiger partial charge in [0.2, 0.25) is 0 Å². The number of benzene rings is 1. The highest BCUT2D eigenvalue weighted by molar-refractivity contribution is 7.85. The third-order valence-electron chi connectivity index (χ3n) is 2.97. The SMILES string of the molecule is CC(C)OC(=O)N[C@H](CO)C(C)C.Cc1ccc(S(=O)(=O)O)cc1. The molecular weight excluding hydrogens is 334 g/mol. The van der Waals surface area contributed by atoms with Gasteiger partial charge in [0, 0.05) is 0 Å². The standard InChI is InChI=1S/C9H19NO3.C7H8O3S/c1-6(2)8(5-11)10-9(12)13-7(3)4;1-6-2-4-7(5-3-6)11(8,9)10/h6-8,11H,5H2,1-4H3,(H,10,12);2-5H,1H3,(H,8,9,10)/t8-;/m1./s1. The Kier molecular flexibility index (Phi) is 9.57. The zero-order valence-electron chi connectivity index (χ0n) is 14.7. The number of hydrogen-bond acceptors (Lipinski definition) is 5. The molecular formula is C16H27NO6S. The monoisotopic (exact) mass is 361 g/mol. The fraction of sp³-hybridized carbons (Fsp3) is 0.562. The average molecular weight is 361 g/mol. The van der Waals surface area contributed by atoms with Gasteiger partial charge in [0.05, 0.1) is 23.6 Å². The molecule has 0 aliphatic heterocycles. The van der Waals surface area contributed by atoms with Gasteiger partial charge in [-0.05, 0) is 38.8 Å². The van der Waals surface area contributed by atoms with Crippen molar-refractivity contribution in [2.24, 2.45) is 5.92 Å². The van der Waals surface area contributed by atoms with E-state index >= 15 is 0 Å². The number of hydrogen-bond donors (Lipinski definition) is 3. The number of carbonyl (C=O) groups excluding carboxylic acids is 1. The summed E-state index contributed by atoms with van der Waals surface area (Å²) >= 11 is 0. The van der Waals surface area contributed by atoms with Crippen LogP contribution in [-0.2, 0) is 14.9 Å². The summed E-state index contributed by atoms with van der Waals surface area (Å²) in [4.78, 5) is 11.0. The maximum Gasteiger partial charge on any atom is 0.407 e. The largest absolute Gasteiger partial charge is 0.447 e. The number of rotatable bonds is 5. The number of nitrogens with one attached hydrogen (secondary N) is 1. The molecule has 0 aliphatic carbocycles. The average Bonchev–Trinajstić information content (AvgIpc) is 2.43. The number of alkyl carbamates (subject to hydrolysis) is 1. The van der Waals surface area contributed by atoms with Gasteiger partial charge in [-0.2, -0.15) is 8.42 Å². The van der Waals surface area contributed by atoms with Crippen LogP contribution in [0.15, 0.2) is 29.2 Å². The molecule has 1 atom stereocenters. The van der Waals surface area contributed by atoms with E-state index in [0.717, 1.165) is 5.56 Å². The van der Waals surface area contributed by atoms with Crippen molar-refractivity contribution in [3.8, 4) is 0 Å². The second-order valence-corrected chi connectivity index (χ2v) is 7.34. The highest BCUT2D eigenvalue weighted by atomic mass is 32.2. The van der Waals surface area contributed by atoms with Gasteiger partial charge >= 0.3 is 6.09 Å². The Labute approximate surface area is 143 Å². The molecule has 0 saturated heterocycles. The molecule has 0 unspecified atom stereocenters. The van der Waals surface area contributed by atoms with Crippen LogP contribution in [-0.4, -0.2) is 42.9 Å². The summed E-state index contributed by atoms with van der Waals surface area (Å²) in [5.41, 5.74) is 0.956.